The van der Waals surface area contributed by atoms with Crippen molar-refractivity contribution in [1.29, 1.82) is 0 Å². The maximum atomic E-state index is 11.8. The van der Waals surface area contributed by atoms with Crippen LogP contribution in [0, 0.1) is 0 Å². The summed E-state index contributed by atoms with van der Waals surface area (Å²) in [7, 11) is 0. The monoisotopic (exact) mass is 353 g/mol. The molecule has 3 rings (SSSR count). The van der Waals surface area contributed by atoms with E-state index in [2.05, 4.69) is 55.7 Å². The van der Waals surface area contributed by atoms with Crippen LogP contribution >= 0.6 is 0 Å². The molecule has 0 unspecified atom stereocenters. The van der Waals surface area contributed by atoms with Gasteiger partial charge in [0.1, 0.15) is 0 Å². The molecular formula is C21H27N3O2. The first-order chi connectivity index (χ1) is 12.3. The second kappa shape index (κ2) is 7.38. The molecule has 0 aromatic heterocycles. The predicted octanol–water partition coefficient (Wildman–Crippen LogP) is 4.79. The fourth-order valence-corrected chi connectivity index (χ4v) is 2.64. The van der Waals surface area contributed by atoms with Gasteiger partial charge in [0.15, 0.2) is 0 Å². The third-order valence-electron chi connectivity index (χ3n) is 4.47. The molecule has 0 saturated heterocycles. The molecule has 1 aliphatic rings. The summed E-state index contributed by atoms with van der Waals surface area (Å²) in [4.78, 5) is 11.8. The minimum atomic E-state index is -0.436. The summed E-state index contributed by atoms with van der Waals surface area (Å²) in [6.07, 6.45) is 1.99. The van der Waals surface area contributed by atoms with Crippen LogP contribution in [0.1, 0.15) is 44.7 Å². The molecule has 0 bridgehead atoms. The lowest BCUT2D eigenvalue weighted by Crippen LogP contribution is -2.38. The largest absolute Gasteiger partial charge is 0.356 e. The van der Waals surface area contributed by atoms with Gasteiger partial charge in [0.05, 0.1) is 6.54 Å². The molecule has 0 atom stereocenters. The molecule has 1 fully saturated rings. The normalized spacial score (nSPS) is 14.0. The van der Waals surface area contributed by atoms with Crippen molar-refractivity contribution in [3.05, 3.63) is 59.7 Å². The molecule has 26 heavy (non-hydrogen) atoms. The van der Waals surface area contributed by atoms with E-state index in [1.165, 1.54) is 5.56 Å². The number of nitrogens with zero attached hydrogens (tertiary/aromatic N) is 1. The summed E-state index contributed by atoms with van der Waals surface area (Å²) in [5, 5.41) is 16.7. The lowest BCUT2D eigenvalue weighted by atomic mass is 9.87. The van der Waals surface area contributed by atoms with Crippen LogP contribution in [0.15, 0.2) is 48.5 Å². The van der Waals surface area contributed by atoms with Crippen molar-refractivity contribution in [3.63, 3.8) is 0 Å². The van der Waals surface area contributed by atoms with E-state index < -0.39 is 6.03 Å². The number of rotatable bonds is 5. The molecule has 0 radical (unpaired) electrons. The van der Waals surface area contributed by atoms with Crippen molar-refractivity contribution in [2.75, 3.05) is 5.32 Å². The first-order valence-corrected chi connectivity index (χ1v) is 9.05. The van der Waals surface area contributed by atoms with E-state index in [4.69, 9.17) is 0 Å². The van der Waals surface area contributed by atoms with Crippen LogP contribution in [0.3, 0.4) is 0 Å². The average molecular weight is 353 g/mol. The topological polar surface area (TPSA) is 64.6 Å². The van der Waals surface area contributed by atoms with E-state index in [9.17, 15) is 10.0 Å². The third kappa shape index (κ3) is 4.99. The first kappa shape index (κ1) is 18.3. The Bertz CT molecular complexity index is 744. The van der Waals surface area contributed by atoms with Crippen LogP contribution < -0.4 is 10.6 Å². The van der Waals surface area contributed by atoms with E-state index in [1.807, 2.05) is 24.3 Å². The molecule has 1 saturated carbocycles. The van der Waals surface area contributed by atoms with Gasteiger partial charge in [0.2, 0.25) is 0 Å². The third-order valence-corrected chi connectivity index (χ3v) is 4.47. The van der Waals surface area contributed by atoms with Crippen LogP contribution in [0.2, 0.25) is 0 Å². The smallest absolute Gasteiger partial charge is 0.341 e. The highest BCUT2D eigenvalue weighted by Crippen LogP contribution is 2.25. The minimum absolute atomic E-state index is 0.141. The molecule has 3 N–H and O–H groups in total. The van der Waals surface area contributed by atoms with Gasteiger partial charge in [-0.3, -0.25) is 5.21 Å². The zero-order valence-electron chi connectivity index (χ0n) is 15.6. The van der Waals surface area contributed by atoms with Crippen molar-refractivity contribution in [2.45, 2.75) is 51.6 Å². The molecule has 1 aliphatic carbocycles. The maximum Gasteiger partial charge on any atom is 0.341 e. The van der Waals surface area contributed by atoms with Crippen LogP contribution in [0.25, 0.3) is 0 Å². The van der Waals surface area contributed by atoms with Gasteiger partial charge in [0.25, 0.3) is 0 Å². The summed E-state index contributed by atoms with van der Waals surface area (Å²) in [5.74, 6) is 0. The molecule has 5 nitrogen and oxygen atoms in total. The Kier molecular flexibility index (Phi) is 5.18. The van der Waals surface area contributed by atoms with E-state index in [1.54, 1.807) is 0 Å². The maximum absolute atomic E-state index is 11.8. The van der Waals surface area contributed by atoms with E-state index in [-0.39, 0.29) is 18.0 Å². The number of hydroxylamine groups is 2. The first-order valence-electron chi connectivity index (χ1n) is 9.05. The second-order valence-electron chi connectivity index (χ2n) is 7.93. The number of benzene rings is 2. The Morgan fingerprint density at radius 1 is 1.04 bits per heavy atom. The van der Waals surface area contributed by atoms with Crippen molar-refractivity contribution < 1.29 is 10.0 Å². The summed E-state index contributed by atoms with van der Waals surface area (Å²) < 4.78 is 0. The summed E-state index contributed by atoms with van der Waals surface area (Å²) in [5.41, 5.74) is 4.29. The van der Waals surface area contributed by atoms with E-state index >= 15 is 0 Å². The summed E-state index contributed by atoms with van der Waals surface area (Å²) in [6, 6.07) is 15.9. The quantitative estimate of drug-likeness (QED) is 0.535. The molecule has 0 heterocycles. The zero-order valence-corrected chi connectivity index (χ0v) is 15.6. The van der Waals surface area contributed by atoms with Crippen LogP contribution in [-0.4, -0.2) is 22.3 Å². The molecule has 0 spiro atoms. The van der Waals surface area contributed by atoms with Gasteiger partial charge in [-0.2, -0.15) is 0 Å². The number of carbonyl (C=O) groups is 1. The van der Waals surface area contributed by atoms with Gasteiger partial charge in [-0.1, -0.05) is 45.0 Å². The highest BCUT2D eigenvalue weighted by Gasteiger charge is 2.25. The van der Waals surface area contributed by atoms with Crippen molar-refractivity contribution in [2.24, 2.45) is 0 Å². The SMILES string of the molecule is CC(C)(C)c1ccc(Nc2ccc(CN(O)C(=O)NC3CC3)cc2)cc1. The summed E-state index contributed by atoms with van der Waals surface area (Å²) >= 11 is 0. The highest BCUT2D eigenvalue weighted by molar-refractivity contribution is 5.73. The Morgan fingerprint density at radius 2 is 1.58 bits per heavy atom. The second-order valence-corrected chi connectivity index (χ2v) is 7.93. The number of anilines is 2. The number of nitrogens with one attached hydrogen (secondary N) is 2. The summed E-state index contributed by atoms with van der Waals surface area (Å²) in [6.45, 7) is 6.76. The Morgan fingerprint density at radius 3 is 2.08 bits per heavy atom. The molecule has 2 aromatic carbocycles. The standard InChI is InChI=1S/C21H27N3O2/c1-21(2,3)16-6-10-18(11-7-16)22-17-8-4-15(5-9-17)14-24(26)20(25)23-19-12-13-19/h4-11,19,22,26H,12-14H2,1-3H3,(H,23,25). The van der Waals surface area contributed by atoms with E-state index in [0.29, 0.717) is 0 Å². The highest BCUT2D eigenvalue weighted by atomic mass is 16.5. The van der Waals surface area contributed by atoms with Gasteiger partial charge in [0, 0.05) is 17.4 Å². The van der Waals surface area contributed by atoms with Gasteiger partial charge < -0.3 is 10.6 Å². The fourth-order valence-electron chi connectivity index (χ4n) is 2.64. The van der Waals surface area contributed by atoms with Crippen molar-refractivity contribution >= 4 is 17.4 Å². The van der Waals surface area contributed by atoms with Crippen molar-refractivity contribution in [1.82, 2.24) is 10.4 Å². The number of hydrogen-bond donors (Lipinski definition) is 3. The molecule has 0 aliphatic heterocycles. The van der Waals surface area contributed by atoms with Gasteiger partial charge in [-0.15, -0.1) is 0 Å². The number of carbonyl (C=O) groups excluding carboxylic acids is 1. The van der Waals surface area contributed by atoms with Crippen LogP contribution in [0.4, 0.5) is 16.2 Å². The molecule has 2 amide bonds. The Hall–Kier alpha value is -2.53. The minimum Gasteiger partial charge on any atom is -0.356 e. The number of urea groups is 1. The van der Waals surface area contributed by atoms with Gasteiger partial charge in [-0.25, -0.2) is 9.86 Å². The van der Waals surface area contributed by atoms with Crippen LogP contribution in [0.5, 0.6) is 0 Å². The Labute approximate surface area is 155 Å². The number of amides is 2. The Balaban J connectivity index is 1.56. The lowest BCUT2D eigenvalue weighted by Gasteiger charge is -2.19. The lowest BCUT2D eigenvalue weighted by molar-refractivity contribution is -0.0509. The van der Waals surface area contributed by atoms with Gasteiger partial charge in [-0.05, 0) is 53.6 Å². The predicted molar refractivity (Wildman–Crippen MR) is 104 cm³/mol. The van der Waals surface area contributed by atoms with Crippen molar-refractivity contribution in [3.8, 4) is 0 Å². The van der Waals surface area contributed by atoms with Crippen LogP contribution in [-0.2, 0) is 12.0 Å². The zero-order chi connectivity index (χ0) is 18.7. The molecule has 138 valence electrons. The molecule has 2 aromatic rings. The molecule has 5 heteroatoms. The number of hydrogen-bond acceptors (Lipinski definition) is 3. The average Bonchev–Trinajstić information content (AvgIpc) is 3.40. The van der Waals surface area contributed by atoms with E-state index in [0.717, 1.165) is 34.8 Å². The van der Waals surface area contributed by atoms with Gasteiger partial charge >= 0.3 is 6.03 Å². The molecular weight excluding hydrogens is 326 g/mol. The fraction of sp³-hybridized carbons (Fsp3) is 0.381.